The van der Waals surface area contributed by atoms with Gasteiger partial charge in [0, 0.05) is 13.1 Å². The molecule has 26 heavy (non-hydrogen) atoms. The highest BCUT2D eigenvalue weighted by atomic mass is 16.2. The van der Waals surface area contributed by atoms with Crippen molar-refractivity contribution in [1.82, 2.24) is 10.2 Å². The summed E-state index contributed by atoms with van der Waals surface area (Å²) in [5.41, 5.74) is 3.26. The van der Waals surface area contributed by atoms with E-state index >= 15 is 0 Å². The average molecular weight is 349 g/mol. The van der Waals surface area contributed by atoms with Crippen molar-refractivity contribution in [3.63, 3.8) is 0 Å². The molecule has 0 unspecified atom stereocenters. The lowest BCUT2D eigenvalue weighted by atomic mass is 9.99. The van der Waals surface area contributed by atoms with Gasteiger partial charge in [-0.2, -0.15) is 0 Å². The number of para-hydroxylation sites is 1. The van der Waals surface area contributed by atoms with Crippen LogP contribution in [0.15, 0.2) is 48.5 Å². The van der Waals surface area contributed by atoms with Gasteiger partial charge >= 0.3 is 0 Å². The van der Waals surface area contributed by atoms with Crippen molar-refractivity contribution in [2.45, 2.75) is 25.4 Å². The highest BCUT2D eigenvalue weighted by Crippen LogP contribution is 2.21. The summed E-state index contributed by atoms with van der Waals surface area (Å²) in [6.45, 7) is 1.16. The van der Waals surface area contributed by atoms with Crippen LogP contribution in [0, 0.1) is 0 Å². The number of hydrogen-bond donors (Lipinski definition) is 2. The monoisotopic (exact) mass is 349 g/mol. The molecule has 6 nitrogen and oxygen atoms in total. The summed E-state index contributed by atoms with van der Waals surface area (Å²) in [6.07, 6.45) is 0.754. The molecule has 0 saturated carbocycles. The molecule has 2 aromatic rings. The van der Waals surface area contributed by atoms with Gasteiger partial charge in [0.1, 0.15) is 6.04 Å². The summed E-state index contributed by atoms with van der Waals surface area (Å²) in [5.74, 6) is -0.847. The zero-order valence-corrected chi connectivity index (χ0v) is 14.2. The van der Waals surface area contributed by atoms with E-state index in [0.29, 0.717) is 24.3 Å². The minimum Gasteiger partial charge on any atom is -0.340 e. The molecular formula is C20H19N3O3. The van der Waals surface area contributed by atoms with Crippen LogP contribution >= 0.6 is 0 Å². The molecule has 0 saturated heterocycles. The SMILES string of the molecule is O=C1N[C@@H](CC(=O)N2CCc3ccccc3C2)C(=O)Nc2ccccc21. The predicted octanol–water partition coefficient (Wildman–Crippen LogP) is 1.71. The number of hydrogen-bond acceptors (Lipinski definition) is 3. The Kier molecular flexibility index (Phi) is 4.16. The molecule has 1 atom stereocenters. The minimum atomic E-state index is -0.875. The minimum absolute atomic E-state index is 0.0479. The molecule has 0 spiro atoms. The molecule has 4 rings (SSSR count). The standard InChI is InChI=1S/C20H19N3O3/c24-18(23-10-9-13-5-1-2-6-14(13)12-23)11-17-20(26)21-16-8-4-3-7-15(16)19(25)22-17/h1-8,17H,9-12H2,(H,21,26)(H,22,25)/t17-/m0/s1. The van der Waals surface area contributed by atoms with Crippen molar-refractivity contribution < 1.29 is 14.4 Å². The first-order valence-corrected chi connectivity index (χ1v) is 8.67. The maximum absolute atomic E-state index is 12.7. The second kappa shape index (κ2) is 6.63. The van der Waals surface area contributed by atoms with E-state index in [2.05, 4.69) is 16.7 Å². The third-order valence-corrected chi connectivity index (χ3v) is 4.91. The smallest absolute Gasteiger partial charge is 0.254 e. The van der Waals surface area contributed by atoms with Gasteiger partial charge in [-0.25, -0.2) is 0 Å². The summed E-state index contributed by atoms with van der Waals surface area (Å²) in [7, 11) is 0. The normalized spacial score (nSPS) is 18.9. The highest BCUT2D eigenvalue weighted by Gasteiger charge is 2.31. The Hall–Kier alpha value is -3.15. The van der Waals surface area contributed by atoms with Crippen LogP contribution in [-0.2, 0) is 22.6 Å². The van der Waals surface area contributed by atoms with Gasteiger partial charge in [-0.05, 0) is 29.7 Å². The van der Waals surface area contributed by atoms with Crippen molar-refractivity contribution in [1.29, 1.82) is 0 Å². The second-order valence-corrected chi connectivity index (χ2v) is 6.60. The molecule has 2 aromatic carbocycles. The topological polar surface area (TPSA) is 78.5 Å². The van der Waals surface area contributed by atoms with Crippen LogP contribution < -0.4 is 10.6 Å². The van der Waals surface area contributed by atoms with Crippen LogP contribution in [0.2, 0.25) is 0 Å². The first kappa shape index (κ1) is 16.3. The van der Waals surface area contributed by atoms with Gasteiger partial charge < -0.3 is 15.5 Å². The summed E-state index contributed by atoms with van der Waals surface area (Å²) in [4.78, 5) is 39.3. The second-order valence-electron chi connectivity index (χ2n) is 6.60. The number of amides is 3. The number of anilines is 1. The lowest BCUT2D eigenvalue weighted by Crippen LogP contribution is -2.46. The van der Waals surface area contributed by atoms with Gasteiger partial charge in [-0.1, -0.05) is 36.4 Å². The van der Waals surface area contributed by atoms with Gasteiger partial charge in [0.25, 0.3) is 5.91 Å². The molecule has 0 fully saturated rings. The number of nitrogens with one attached hydrogen (secondary N) is 2. The van der Waals surface area contributed by atoms with Crippen LogP contribution in [0.1, 0.15) is 27.9 Å². The van der Waals surface area contributed by atoms with Crippen molar-refractivity contribution >= 4 is 23.4 Å². The van der Waals surface area contributed by atoms with Gasteiger partial charge in [0.2, 0.25) is 11.8 Å². The van der Waals surface area contributed by atoms with Crippen LogP contribution in [0.4, 0.5) is 5.69 Å². The maximum Gasteiger partial charge on any atom is 0.254 e. The molecule has 3 amide bonds. The van der Waals surface area contributed by atoms with E-state index < -0.39 is 6.04 Å². The summed E-state index contributed by atoms with van der Waals surface area (Å²) >= 11 is 0. The van der Waals surface area contributed by atoms with Crippen LogP contribution in [0.5, 0.6) is 0 Å². The summed E-state index contributed by atoms with van der Waals surface area (Å²) in [6, 6.07) is 14.0. The van der Waals surface area contributed by atoms with Crippen molar-refractivity contribution in [3.8, 4) is 0 Å². The first-order valence-electron chi connectivity index (χ1n) is 8.67. The fourth-order valence-corrected chi connectivity index (χ4v) is 3.47. The van der Waals surface area contributed by atoms with Crippen molar-refractivity contribution in [2.24, 2.45) is 0 Å². The Morgan fingerprint density at radius 2 is 1.77 bits per heavy atom. The van der Waals surface area contributed by atoms with E-state index in [1.807, 2.05) is 18.2 Å². The number of rotatable bonds is 2. The zero-order valence-electron chi connectivity index (χ0n) is 14.2. The lowest BCUT2D eigenvalue weighted by molar-refractivity contribution is -0.134. The molecule has 2 aliphatic heterocycles. The predicted molar refractivity (Wildman–Crippen MR) is 96.5 cm³/mol. The van der Waals surface area contributed by atoms with Gasteiger partial charge in [-0.3, -0.25) is 14.4 Å². The number of nitrogens with zero attached hydrogens (tertiary/aromatic N) is 1. The Bertz CT molecular complexity index is 893. The van der Waals surface area contributed by atoms with Crippen molar-refractivity contribution in [3.05, 3.63) is 65.2 Å². The van der Waals surface area contributed by atoms with E-state index in [4.69, 9.17) is 0 Å². The largest absolute Gasteiger partial charge is 0.340 e. The fourth-order valence-electron chi connectivity index (χ4n) is 3.47. The lowest BCUT2D eigenvalue weighted by Gasteiger charge is -2.30. The summed E-state index contributed by atoms with van der Waals surface area (Å²) < 4.78 is 0. The van der Waals surface area contributed by atoms with E-state index in [9.17, 15) is 14.4 Å². The molecular weight excluding hydrogens is 330 g/mol. The number of benzene rings is 2. The van der Waals surface area contributed by atoms with E-state index in [0.717, 1.165) is 12.0 Å². The molecule has 2 aliphatic rings. The van der Waals surface area contributed by atoms with E-state index in [-0.39, 0.29) is 24.1 Å². The maximum atomic E-state index is 12.7. The third kappa shape index (κ3) is 3.06. The van der Waals surface area contributed by atoms with Crippen LogP contribution in [-0.4, -0.2) is 35.2 Å². The fraction of sp³-hybridized carbons (Fsp3) is 0.250. The van der Waals surface area contributed by atoms with Crippen LogP contribution in [0.3, 0.4) is 0 Å². The Morgan fingerprint density at radius 1 is 1.04 bits per heavy atom. The Morgan fingerprint density at radius 3 is 2.62 bits per heavy atom. The number of fused-ring (bicyclic) bond motifs is 2. The molecule has 0 radical (unpaired) electrons. The third-order valence-electron chi connectivity index (χ3n) is 4.91. The molecule has 0 aromatic heterocycles. The average Bonchev–Trinajstić information content (AvgIpc) is 2.78. The molecule has 6 heteroatoms. The van der Waals surface area contributed by atoms with Gasteiger partial charge in [0.05, 0.1) is 17.7 Å². The first-order chi connectivity index (χ1) is 12.6. The summed E-state index contributed by atoms with van der Waals surface area (Å²) in [5, 5.41) is 5.41. The quantitative estimate of drug-likeness (QED) is 0.866. The molecule has 2 heterocycles. The highest BCUT2D eigenvalue weighted by molar-refractivity contribution is 6.10. The van der Waals surface area contributed by atoms with E-state index in [1.54, 1.807) is 29.2 Å². The number of carbonyl (C=O) groups is 3. The Balaban J connectivity index is 1.47. The Labute approximate surface area is 151 Å². The van der Waals surface area contributed by atoms with Crippen LogP contribution in [0.25, 0.3) is 0 Å². The van der Waals surface area contributed by atoms with Gasteiger partial charge in [-0.15, -0.1) is 0 Å². The zero-order chi connectivity index (χ0) is 18.1. The molecule has 0 bridgehead atoms. The van der Waals surface area contributed by atoms with Crippen molar-refractivity contribution in [2.75, 3.05) is 11.9 Å². The molecule has 132 valence electrons. The molecule has 2 N–H and O–H groups in total. The molecule has 0 aliphatic carbocycles. The van der Waals surface area contributed by atoms with E-state index in [1.165, 1.54) is 5.56 Å². The number of carbonyl (C=O) groups excluding carboxylic acids is 3. The van der Waals surface area contributed by atoms with Gasteiger partial charge in [0.15, 0.2) is 0 Å².